The second kappa shape index (κ2) is 6.23. The highest BCUT2D eigenvalue weighted by Gasteiger charge is 2.77. The lowest BCUT2D eigenvalue weighted by Crippen LogP contribution is -2.51. The number of nitrogens with two attached hydrogens (primary N) is 1. The van der Waals surface area contributed by atoms with Crippen LogP contribution in [0.2, 0.25) is 0 Å². The van der Waals surface area contributed by atoms with Gasteiger partial charge in [0.25, 0.3) is 0 Å². The number of nitrogens with zero attached hydrogens (tertiary/aromatic N) is 2. The van der Waals surface area contributed by atoms with E-state index in [-0.39, 0.29) is 28.6 Å². The Labute approximate surface area is 157 Å². The quantitative estimate of drug-likeness (QED) is 0.665. The van der Waals surface area contributed by atoms with Gasteiger partial charge in [-0.1, -0.05) is 6.92 Å². The van der Waals surface area contributed by atoms with Gasteiger partial charge in [-0.25, -0.2) is 9.78 Å². The van der Waals surface area contributed by atoms with Crippen molar-refractivity contribution in [3.63, 3.8) is 0 Å². The Balaban J connectivity index is 1.36. The first-order valence-electron chi connectivity index (χ1n) is 9.09. The first kappa shape index (κ1) is 17.8. The van der Waals surface area contributed by atoms with Crippen LogP contribution in [0.4, 0.5) is 10.6 Å². The first-order chi connectivity index (χ1) is 12.9. The van der Waals surface area contributed by atoms with Gasteiger partial charge in [-0.15, -0.1) is 0 Å². The van der Waals surface area contributed by atoms with Crippen molar-refractivity contribution in [2.24, 2.45) is 22.7 Å². The van der Waals surface area contributed by atoms with E-state index in [9.17, 15) is 14.7 Å². The molecule has 1 aliphatic carbocycles. The van der Waals surface area contributed by atoms with Crippen LogP contribution in [-0.4, -0.2) is 59.8 Å². The Morgan fingerprint density at radius 1 is 1.48 bits per heavy atom. The van der Waals surface area contributed by atoms with Crippen molar-refractivity contribution in [1.29, 1.82) is 0 Å². The number of likely N-dealkylation sites (tertiary alicyclic amines) is 1. The Kier molecular flexibility index (Phi) is 4.10. The maximum Gasteiger partial charge on any atom is 0.407 e. The Morgan fingerprint density at radius 2 is 2.26 bits per heavy atom. The monoisotopic (exact) mass is 372 g/mol. The van der Waals surface area contributed by atoms with Crippen LogP contribution >= 0.6 is 0 Å². The highest BCUT2D eigenvalue weighted by atomic mass is 16.5. The standard InChI is InChI=1S/C19H24N4O4/c1-18(10-27-11-18)19-9-23(17(25)26)8-14(19)13(19)7-22-16(24)5-3-12-2-4-15(20)21-6-12/h2-6,13-14H,7-11H2,1H3,(H2,20,21)(H,22,24)(H,25,26)/b5-3+. The number of pyridine rings is 1. The molecule has 2 aliphatic heterocycles. The van der Waals surface area contributed by atoms with Crippen molar-refractivity contribution in [3.05, 3.63) is 30.0 Å². The highest BCUT2D eigenvalue weighted by molar-refractivity contribution is 5.91. The van der Waals surface area contributed by atoms with Crippen LogP contribution in [0.15, 0.2) is 24.4 Å². The number of carbonyl (C=O) groups excluding carboxylic acids is 1. The lowest BCUT2D eigenvalue weighted by Gasteiger charge is -2.46. The van der Waals surface area contributed by atoms with Crippen molar-refractivity contribution in [3.8, 4) is 0 Å². The fraction of sp³-hybridized carbons (Fsp3) is 0.526. The van der Waals surface area contributed by atoms with Gasteiger partial charge in [-0.3, -0.25) is 4.79 Å². The Hall–Kier alpha value is -2.61. The van der Waals surface area contributed by atoms with Crippen molar-refractivity contribution in [1.82, 2.24) is 15.2 Å². The van der Waals surface area contributed by atoms with Gasteiger partial charge >= 0.3 is 6.09 Å². The summed E-state index contributed by atoms with van der Waals surface area (Å²) in [5, 5.41) is 12.3. The number of amides is 2. The van der Waals surface area contributed by atoms with Gasteiger partial charge in [0.1, 0.15) is 5.82 Å². The van der Waals surface area contributed by atoms with E-state index in [0.717, 1.165) is 5.56 Å². The molecule has 27 heavy (non-hydrogen) atoms. The molecule has 8 heteroatoms. The Morgan fingerprint density at radius 3 is 2.85 bits per heavy atom. The minimum atomic E-state index is -0.867. The van der Waals surface area contributed by atoms with Crippen molar-refractivity contribution in [2.45, 2.75) is 6.92 Å². The summed E-state index contributed by atoms with van der Waals surface area (Å²) >= 11 is 0. The molecule has 1 saturated carbocycles. The van der Waals surface area contributed by atoms with E-state index in [0.29, 0.717) is 38.7 Å². The van der Waals surface area contributed by atoms with Crippen LogP contribution in [0.5, 0.6) is 0 Å². The molecule has 3 aliphatic rings. The molecular weight excluding hydrogens is 348 g/mol. The van der Waals surface area contributed by atoms with E-state index in [4.69, 9.17) is 10.5 Å². The van der Waals surface area contributed by atoms with Gasteiger partial charge < -0.3 is 25.8 Å². The van der Waals surface area contributed by atoms with Gasteiger partial charge in [-0.2, -0.15) is 0 Å². The lowest BCUT2D eigenvalue weighted by molar-refractivity contribution is -0.148. The van der Waals surface area contributed by atoms with Crippen LogP contribution < -0.4 is 11.1 Å². The number of carbonyl (C=O) groups is 2. The number of nitrogen functional groups attached to an aromatic ring is 1. The maximum absolute atomic E-state index is 12.2. The summed E-state index contributed by atoms with van der Waals surface area (Å²) in [6.07, 6.45) is 3.92. The summed E-state index contributed by atoms with van der Waals surface area (Å²) < 4.78 is 5.43. The van der Waals surface area contributed by atoms with Crippen LogP contribution in [0.25, 0.3) is 6.08 Å². The molecule has 3 fully saturated rings. The van der Waals surface area contributed by atoms with E-state index < -0.39 is 6.09 Å². The largest absolute Gasteiger partial charge is 0.465 e. The maximum atomic E-state index is 12.2. The summed E-state index contributed by atoms with van der Waals surface area (Å²) in [4.78, 5) is 29.0. The molecule has 4 N–H and O–H groups in total. The number of rotatable bonds is 5. The van der Waals surface area contributed by atoms with Gasteiger partial charge in [0.2, 0.25) is 5.91 Å². The van der Waals surface area contributed by atoms with Crippen molar-refractivity contribution >= 4 is 23.9 Å². The number of piperidine rings is 1. The molecule has 144 valence electrons. The lowest BCUT2D eigenvalue weighted by atomic mass is 9.70. The molecule has 0 aromatic carbocycles. The second-order valence-electron chi connectivity index (χ2n) is 8.06. The third-order valence-electron chi connectivity index (χ3n) is 6.54. The SMILES string of the molecule is CC1(C23CN(C(=O)O)CC2C3CNC(=O)/C=C/c2ccc(N)nc2)COC1. The third-order valence-corrected chi connectivity index (χ3v) is 6.54. The number of hydrogen-bond donors (Lipinski definition) is 3. The van der Waals surface area contributed by atoms with Crippen LogP contribution in [-0.2, 0) is 9.53 Å². The summed E-state index contributed by atoms with van der Waals surface area (Å²) in [5.74, 6) is 0.841. The zero-order valence-electron chi connectivity index (χ0n) is 15.2. The fourth-order valence-corrected chi connectivity index (χ4v) is 4.94. The third kappa shape index (κ3) is 2.84. The van der Waals surface area contributed by atoms with Gasteiger partial charge in [0.15, 0.2) is 0 Å². The van der Waals surface area contributed by atoms with E-state index in [1.54, 1.807) is 24.4 Å². The number of hydrogen-bond acceptors (Lipinski definition) is 5. The first-order valence-corrected chi connectivity index (χ1v) is 9.09. The molecule has 0 spiro atoms. The summed E-state index contributed by atoms with van der Waals surface area (Å²) in [6, 6.07) is 3.48. The minimum Gasteiger partial charge on any atom is -0.465 e. The van der Waals surface area contributed by atoms with Gasteiger partial charge in [0.05, 0.1) is 13.2 Å². The molecular formula is C19H24N4O4. The highest BCUT2D eigenvalue weighted by Crippen LogP contribution is 2.72. The average Bonchev–Trinajstić information content (AvgIpc) is 3.02. The van der Waals surface area contributed by atoms with Gasteiger partial charge in [0, 0.05) is 42.7 Å². The van der Waals surface area contributed by atoms with Crippen LogP contribution in [0.3, 0.4) is 0 Å². The van der Waals surface area contributed by atoms with Crippen LogP contribution in [0.1, 0.15) is 12.5 Å². The van der Waals surface area contributed by atoms with E-state index in [2.05, 4.69) is 17.2 Å². The van der Waals surface area contributed by atoms with Crippen molar-refractivity contribution < 1.29 is 19.4 Å². The molecule has 1 aromatic rings. The fourth-order valence-electron chi connectivity index (χ4n) is 4.94. The summed E-state index contributed by atoms with van der Waals surface area (Å²) in [5.41, 5.74) is 6.25. The van der Waals surface area contributed by atoms with E-state index >= 15 is 0 Å². The molecule has 4 rings (SSSR count). The number of fused-ring (bicyclic) bond motifs is 1. The molecule has 3 unspecified atom stereocenters. The van der Waals surface area contributed by atoms with Gasteiger partial charge in [-0.05, 0) is 35.6 Å². The molecule has 0 bridgehead atoms. The predicted octanol–water partition coefficient (Wildman–Crippen LogP) is 1.06. The smallest absolute Gasteiger partial charge is 0.407 e. The average molecular weight is 372 g/mol. The van der Waals surface area contributed by atoms with E-state index in [1.807, 2.05) is 0 Å². The molecule has 3 heterocycles. The van der Waals surface area contributed by atoms with E-state index in [1.165, 1.54) is 11.0 Å². The number of nitrogens with one attached hydrogen (secondary N) is 1. The number of ether oxygens (including phenoxy) is 1. The Bertz CT molecular complexity index is 789. The molecule has 0 radical (unpaired) electrons. The molecule has 2 amide bonds. The number of aromatic nitrogens is 1. The molecule has 2 saturated heterocycles. The number of carboxylic acid groups (broad SMARTS) is 1. The zero-order valence-corrected chi connectivity index (χ0v) is 15.2. The summed E-state index contributed by atoms with van der Waals surface area (Å²) in [6.45, 7) is 5.11. The zero-order chi connectivity index (χ0) is 19.2. The summed E-state index contributed by atoms with van der Waals surface area (Å²) in [7, 11) is 0. The van der Waals surface area contributed by atoms with Crippen molar-refractivity contribution in [2.75, 3.05) is 38.6 Å². The second-order valence-corrected chi connectivity index (χ2v) is 8.06. The molecule has 8 nitrogen and oxygen atoms in total. The topological polar surface area (TPSA) is 118 Å². The predicted molar refractivity (Wildman–Crippen MR) is 98.6 cm³/mol. The normalized spacial score (nSPS) is 30.6. The molecule has 1 aromatic heterocycles. The number of anilines is 1. The van der Waals surface area contributed by atoms with Crippen LogP contribution in [0, 0.1) is 22.7 Å². The minimum absolute atomic E-state index is 0.0112. The molecule has 3 atom stereocenters.